The topological polar surface area (TPSA) is 0 Å². The van der Waals surface area contributed by atoms with E-state index in [0.717, 1.165) is 0 Å². The van der Waals surface area contributed by atoms with Gasteiger partial charge in [-0.15, -0.1) is 11.8 Å². The highest BCUT2D eigenvalue weighted by atomic mass is 32.2. The van der Waals surface area contributed by atoms with Crippen molar-refractivity contribution in [1.29, 1.82) is 0 Å². The summed E-state index contributed by atoms with van der Waals surface area (Å²) in [6.07, 6.45) is 8.26. The van der Waals surface area contributed by atoms with Crippen LogP contribution in [0.3, 0.4) is 0 Å². The summed E-state index contributed by atoms with van der Waals surface area (Å²) in [6.45, 7) is 6.36. The first-order valence-electron chi connectivity index (χ1n) is 3.87. The predicted molar refractivity (Wildman–Crippen MR) is 55.5 cm³/mol. The Morgan fingerprint density at radius 2 is 1.82 bits per heavy atom. The van der Waals surface area contributed by atoms with Gasteiger partial charge in [0.1, 0.15) is 0 Å². The molecule has 0 heterocycles. The summed E-state index contributed by atoms with van der Waals surface area (Å²) in [4.78, 5) is 0. The molecule has 0 aliphatic heterocycles. The van der Waals surface area contributed by atoms with Crippen LogP contribution in [-0.4, -0.2) is 0 Å². The van der Waals surface area contributed by atoms with Crippen LogP contribution in [0.25, 0.3) is 0 Å². The molecule has 1 heteroatoms. The van der Waals surface area contributed by atoms with E-state index < -0.39 is 0 Å². The molecule has 0 aromatic heterocycles. The van der Waals surface area contributed by atoms with Crippen molar-refractivity contribution in [3.63, 3.8) is 0 Å². The molecule has 0 aliphatic rings. The quantitative estimate of drug-likeness (QED) is 0.572. The monoisotopic (exact) mass is 168 g/mol. The zero-order chi connectivity index (χ0) is 8.53. The summed E-state index contributed by atoms with van der Waals surface area (Å²) in [5, 5.41) is 4.18. The lowest BCUT2D eigenvalue weighted by Gasteiger charge is -1.89. The van der Waals surface area contributed by atoms with Crippen LogP contribution in [0.2, 0.25) is 0 Å². The SMILES string of the molecule is C/C=C\C=C/S/C=C/C(C)C. The van der Waals surface area contributed by atoms with Gasteiger partial charge in [0.2, 0.25) is 0 Å². The summed E-state index contributed by atoms with van der Waals surface area (Å²) in [7, 11) is 0. The Hall–Kier alpha value is -0.430. The van der Waals surface area contributed by atoms with E-state index in [4.69, 9.17) is 0 Å². The van der Waals surface area contributed by atoms with Crippen molar-refractivity contribution in [1.82, 2.24) is 0 Å². The molecular formula is C10H16S. The average molecular weight is 168 g/mol. The molecule has 0 rings (SSSR count). The molecule has 0 saturated heterocycles. The molecular weight excluding hydrogens is 152 g/mol. The van der Waals surface area contributed by atoms with Crippen LogP contribution in [0.15, 0.2) is 35.1 Å². The molecule has 0 bridgehead atoms. The fourth-order valence-corrected chi connectivity index (χ4v) is 1.13. The second-order valence-electron chi connectivity index (χ2n) is 2.56. The van der Waals surface area contributed by atoms with Gasteiger partial charge in [-0.05, 0) is 23.7 Å². The van der Waals surface area contributed by atoms with Crippen LogP contribution in [0.1, 0.15) is 20.8 Å². The Kier molecular flexibility index (Phi) is 7.37. The van der Waals surface area contributed by atoms with Crippen molar-refractivity contribution in [2.24, 2.45) is 5.92 Å². The second-order valence-corrected chi connectivity index (χ2v) is 3.38. The zero-order valence-electron chi connectivity index (χ0n) is 7.45. The number of allylic oxidation sites excluding steroid dienone is 4. The molecule has 0 unspecified atom stereocenters. The molecule has 0 saturated carbocycles. The molecule has 0 aliphatic carbocycles. The van der Waals surface area contributed by atoms with Gasteiger partial charge in [-0.2, -0.15) is 0 Å². The van der Waals surface area contributed by atoms with Crippen LogP contribution < -0.4 is 0 Å². The van der Waals surface area contributed by atoms with Gasteiger partial charge in [-0.3, -0.25) is 0 Å². The maximum Gasteiger partial charge on any atom is -0.0248 e. The second kappa shape index (κ2) is 7.67. The van der Waals surface area contributed by atoms with E-state index in [9.17, 15) is 0 Å². The summed E-state index contributed by atoms with van der Waals surface area (Å²) >= 11 is 1.71. The zero-order valence-corrected chi connectivity index (χ0v) is 8.27. The molecule has 0 spiro atoms. The smallest absolute Gasteiger partial charge is 0.0248 e. The first kappa shape index (κ1) is 10.6. The minimum atomic E-state index is 0.651. The van der Waals surface area contributed by atoms with Crippen molar-refractivity contribution in [2.75, 3.05) is 0 Å². The maximum atomic E-state index is 2.19. The van der Waals surface area contributed by atoms with Gasteiger partial charge >= 0.3 is 0 Å². The molecule has 0 aromatic carbocycles. The van der Waals surface area contributed by atoms with Crippen LogP contribution in [-0.2, 0) is 0 Å². The van der Waals surface area contributed by atoms with E-state index >= 15 is 0 Å². The van der Waals surface area contributed by atoms with Gasteiger partial charge in [0, 0.05) is 0 Å². The lowest BCUT2D eigenvalue weighted by Crippen LogP contribution is -1.73. The molecule has 0 nitrogen and oxygen atoms in total. The Labute approximate surface area is 74.1 Å². The Morgan fingerprint density at radius 1 is 1.09 bits per heavy atom. The van der Waals surface area contributed by atoms with Crippen molar-refractivity contribution in [2.45, 2.75) is 20.8 Å². The first-order chi connectivity index (χ1) is 5.27. The van der Waals surface area contributed by atoms with Crippen molar-refractivity contribution >= 4 is 11.8 Å². The van der Waals surface area contributed by atoms with Crippen molar-refractivity contribution < 1.29 is 0 Å². The lowest BCUT2D eigenvalue weighted by molar-refractivity contribution is 0.834. The van der Waals surface area contributed by atoms with E-state index in [2.05, 4.69) is 30.7 Å². The first-order valence-corrected chi connectivity index (χ1v) is 4.81. The van der Waals surface area contributed by atoms with Gasteiger partial charge in [-0.1, -0.05) is 38.2 Å². The highest BCUT2D eigenvalue weighted by Gasteiger charge is 1.80. The summed E-state index contributed by atoms with van der Waals surface area (Å²) in [5.41, 5.74) is 0. The van der Waals surface area contributed by atoms with Gasteiger partial charge in [-0.25, -0.2) is 0 Å². The van der Waals surface area contributed by atoms with Gasteiger partial charge in [0.15, 0.2) is 0 Å². The van der Waals surface area contributed by atoms with E-state index in [-0.39, 0.29) is 0 Å². The van der Waals surface area contributed by atoms with Gasteiger partial charge < -0.3 is 0 Å². The average Bonchev–Trinajstić information content (AvgIpc) is 1.96. The van der Waals surface area contributed by atoms with E-state index in [0.29, 0.717) is 5.92 Å². The molecule has 0 radical (unpaired) electrons. The number of hydrogen-bond donors (Lipinski definition) is 0. The van der Waals surface area contributed by atoms with E-state index in [1.807, 2.05) is 25.2 Å². The van der Waals surface area contributed by atoms with Gasteiger partial charge in [0.25, 0.3) is 0 Å². The standard InChI is InChI=1S/C10H16S/c1-4-5-6-8-11-9-7-10(2)3/h4-10H,1-3H3/b5-4-,8-6-,9-7+. The highest BCUT2D eigenvalue weighted by Crippen LogP contribution is 2.06. The normalized spacial score (nSPS) is 13.1. The Balaban J connectivity index is 3.40. The molecule has 0 N–H and O–H groups in total. The minimum absolute atomic E-state index is 0.651. The van der Waals surface area contributed by atoms with E-state index in [1.165, 1.54) is 0 Å². The number of rotatable bonds is 4. The van der Waals surface area contributed by atoms with Crippen LogP contribution in [0.5, 0.6) is 0 Å². The van der Waals surface area contributed by atoms with Crippen LogP contribution in [0.4, 0.5) is 0 Å². The molecule has 62 valence electrons. The summed E-state index contributed by atoms with van der Waals surface area (Å²) in [6, 6.07) is 0. The van der Waals surface area contributed by atoms with Crippen molar-refractivity contribution in [3.05, 3.63) is 35.1 Å². The van der Waals surface area contributed by atoms with Gasteiger partial charge in [0.05, 0.1) is 0 Å². The number of hydrogen-bond acceptors (Lipinski definition) is 1. The summed E-state index contributed by atoms with van der Waals surface area (Å²) < 4.78 is 0. The van der Waals surface area contributed by atoms with Crippen LogP contribution >= 0.6 is 11.8 Å². The predicted octanol–water partition coefficient (Wildman–Crippen LogP) is 3.98. The molecule has 11 heavy (non-hydrogen) atoms. The third-order valence-electron chi connectivity index (χ3n) is 1.00. The number of thioether (sulfide) groups is 1. The molecule has 0 atom stereocenters. The fraction of sp³-hybridized carbons (Fsp3) is 0.400. The maximum absolute atomic E-state index is 2.19. The van der Waals surface area contributed by atoms with E-state index in [1.54, 1.807) is 11.8 Å². The fourth-order valence-electron chi connectivity index (χ4n) is 0.450. The Bertz CT molecular complexity index is 152. The molecule has 0 amide bonds. The molecule has 0 aromatic rings. The third-order valence-corrected chi connectivity index (χ3v) is 1.63. The lowest BCUT2D eigenvalue weighted by atomic mass is 10.2. The summed E-state index contributed by atoms with van der Waals surface area (Å²) in [5.74, 6) is 0.651. The molecule has 0 fully saturated rings. The largest absolute Gasteiger partial charge is 0.106 e. The van der Waals surface area contributed by atoms with Crippen LogP contribution in [0, 0.1) is 5.92 Å². The minimum Gasteiger partial charge on any atom is -0.106 e. The Morgan fingerprint density at radius 3 is 2.36 bits per heavy atom. The third kappa shape index (κ3) is 9.57. The highest BCUT2D eigenvalue weighted by molar-refractivity contribution is 8.04. The van der Waals surface area contributed by atoms with Crippen molar-refractivity contribution in [3.8, 4) is 0 Å².